The molecule has 7 nitrogen and oxygen atoms in total. The van der Waals surface area contributed by atoms with Crippen molar-refractivity contribution in [2.45, 2.75) is 66.0 Å². The molecule has 35 heavy (non-hydrogen) atoms. The van der Waals surface area contributed by atoms with Gasteiger partial charge in [-0.15, -0.1) is 0 Å². The number of para-hydroxylation sites is 1. The minimum absolute atomic E-state index is 0.0671. The number of rotatable bonds is 12. The molecule has 0 aromatic heterocycles. The lowest BCUT2D eigenvalue weighted by Gasteiger charge is -2.33. The van der Waals surface area contributed by atoms with E-state index in [0.29, 0.717) is 18.7 Å². The number of carbonyl (C=O) groups excluding carboxylic acids is 2. The van der Waals surface area contributed by atoms with E-state index < -0.39 is 22.0 Å². The van der Waals surface area contributed by atoms with Crippen LogP contribution in [0.5, 0.6) is 0 Å². The monoisotopic (exact) mass is 501 g/mol. The predicted molar refractivity (Wildman–Crippen MR) is 142 cm³/mol. The molecule has 0 radical (unpaired) electrons. The Morgan fingerprint density at radius 1 is 1.00 bits per heavy atom. The highest BCUT2D eigenvalue weighted by Crippen LogP contribution is 2.29. The van der Waals surface area contributed by atoms with E-state index in [4.69, 9.17) is 0 Å². The lowest BCUT2D eigenvalue weighted by Crippen LogP contribution is -2.52. The maximum Gasteiger partial charge on any atom is 0.244 e. The minimum Gasteiger partial charge on any atom is -0.354 e. The number of benzene rings is 2. The number of amides is 2. The normalized spacial score (nSPS) is 12.3. The van der Waals surface area contributed by atoms with Gasteiger partial charge in [-0.2, -0.15) is 0 Å². The summed E-state index contributed by atoms with van der Waals surface area (Å²) in [6, 6.07) is 14.3. The molecule has 192 valence electrons. The van der Waals surface area contributed by atoms with Gasteiger partial charge in [-0.25, -0.2) is 8.42 Å². The summed E-state index contributed by atoms with van der Waals surface area (Å²) in [4.78, 5) is 28.2. The highest BCUT2D eigenvalue weighted by molar-refractivity contribution is 7.92. The number of aryl methyl sites for hydroxylation is 1. The van der Waals surface area contributed by atoms with Gasteiger partial charge in [0.2, 0.25) is 21.8 Å². The van der Waals surface area contributed by atoms with Crippen LogP contribution in [0.3, 0.4) is 0 Å². The van der Waals surface area contributed by atoms with Gasteiger partial charge in [-0.1, -0.05) is 75.7 Å². The summed E-state index contributed by atoms with van der Waals surface area (Å²) in [5, 5.41) is 2.89. The average Bonchev–Trinajstić information content (AvgIpc) is 2.81. The van der Waals surface area contributed by atoms with Gasteiger partial charge in [0.1, 0.15) is 12.6 Å². The molecule has 0 fully saturated rings. The summed E-state index contributed by atoms with van der Waals surface area (Å²) in [7, 11) is -3.76. The van der Waals surface area contributed by atoms with Crippen LogP contribution in [0.25, 0.3) is 0 Å². The van der Waals surface area contributed by atoms with Crippen molar-refractivity contribution in [1.29, 1.82) is 0 Å². The highest BCUT2D eigenvalue weighted by Gasteiger charge is 2.32. The van der Waals surface area contributed by atoms with Gasteiger partial charge in [0.15, 0.2) is 0 Å². The summed E-state index contributed by atoms with van der Waals surface area (Å²) in [6.07, 6.45) is 2.30. The molecule has 0 bridgehead atoms. The third-order valence-corrected chi connectivity index (χ3v) is 7.04. The zero-order valence-electron chi connectivity index (χ0n) is 21.7. The van der Waals surface area contributed by atoms with Crippen molar-refractivity contribution in [1.82, 2.24) is 10.2 Å². The Hall–Kier alpha value is -2.87. The summed E-state index contributed by atoms with van der Waals surface area (Å²) < 4.78 is 26.9. The van der Waals surface area contributed by atoms with Crippen molar-refractivity contribution < 1.29 is 18.0 Å². The largest absolute Gasteiger partial charge is 0.354 e. The lowest BCUT2D eigenvalue weighted by molar-refractivity contribution is -0.140. The Balaban J connectivity index is 2.48. The number of nitrogens with zero attached hydrogens (tertiary/aromatic N) is 2. The molecule has 2 amide bonds. The van der Waals surface area contributed by atoms with Crippen molar-refractivity contribution in [3.8, 4) is 0 Å². The maximum atomic E-state index is 13.7. The van der Waals surface area contributed by atoms with Crippen molar-refractivity contribution in [3.05, 3.63) is 65.2 Å². The molecule has 2 aromatic rings. The smallest absolute Gasteiger partial charge is 0.244 e. The van der Waals surface area contributed by atoms with Crippen molar-refractivity contribution in [3.63, 3.8) is 0 Å². The van der Waals surface area contributed by atoms with E-state index in [-0.39, 0.29) is 24.9 Å². The molecular formula is C27H39N3O4S. The first-order valence-electron chi connectivity index (χ1n) is 12.2. The first-order valence-corrected chi connectivity index (χ1v) is 14.0. The van der Waals surface area contributed by atoms with E-state index in [0.717, 1.165) is 33.7 Å². The third kappa shape index (κ3) is 7.82. The van der Waals surface area contributed by atoms with Gasteiger partial charge in [-0.05, 0) is 42.9 Å². The van der Waals surface area contributed by atoms with Gasteiger partial charge < -0.3 is 10.2 Å². The van der Waals surface area contributed by atoms with Gasteiger partial charge in [0, 0.05) is 13.1 Å². The van der Waals surface area contributed by atoms with E-state index in [9.17, 15) is 18.0 Å². The summed E-state index contributed by atoms with van der Waals surface area (Å²) in [5.74, 6) is -0.589. The van der Waals surface area contributed by atoms with Crippen LogP contribution in [0.4, 0.5) is 5.69 Å². The summed E-state index contributed by atoms with van der Waals surface area (Å²) in [5.41, 5.74) is 3.28. The van der Waals surface area contributed by atoms with Crippen LogP contribution in [-0.2, 0) is 26.2 Å². The van der Waals surface area contributed by atoms with Crippen molar-refractivity contribution in [2.24, 2.45) is 0 Å². The molecule has 0 unspecified atom stereocenters. The number of hydrogen-bond acceptors (Lipinski definition) is 4. The number of hydrogen-bond donors (Lipinski definition) is 1. The molecule has 0 aliphatic carbocycles. The molecule has 2 rings (SSSR count). The van der Waals surface area contributed by atoms with E-state index in [1.807, 2.05) is 71.0 Å². The van der Waals surface area contributed by atoms with Gasteiger partial charge in [0.05, 0.1) is 11.9 Å². The highest BCUT2D eigenvalue weighted by atomic mass is 32.2. The van der Waals surface area contributed by atoms with E-state index in [1.165, 1.54) is 4.90 Å². The van der Waals surface area contributed by atoms with Gasteiger partial charge in [0.25, 0.3) is 0 Å². The molecule has 0 heterocycles. The number of anilines is 1. The standard InChI is InChI=1S/C27H39N3O4S/c1-7-17-28-27(32)24(8-2)29(18-22-15-13-21(5)14-16-22)26(31)19-30(35(6,33)34)25-12-10-9-11-23(25)20(3)4/h9-16,20,24H,7-8,17-19H2,1-6H3,(H,28,32)/t24-/m0/s1. The maximum absolute atomic E-state index is 13.7. The average molecular weight is 502 g/mol. The van der Waals surface area contributed by atoms with Gasteiger partial charge >= 0.3 is 0 Å². The fourth-order valence-corrected chi connectivity index (χ4v) is 4.84. The van der Waals surface area contributed by atoms with Crippen molar-refractivity contribution >= 4 is 27.5 Å². The van der Waals surface area contributed by atoms with Crippen LogP contribution in [0.1, 0.15) is 63.1 Å². The second-order valence-electron chi connectivity index (χ2n) is 9.21. The zero-order chi connectivity index (χ0) is 26.2. The quantitative estimate of drug-likeness (QED) is 0.472. The Morgan fingerprint density at radius 2 is 1.63 bits per heavy atom. The SMILES string of the molecule is CCCNC(=O)[C@H](CC)N(Cc1ccc(C)cc1)C(=O)CN(c1ccccc1C(C)C)S(C)(=O)=O. The lowest BCUT2D eigenvalue weighted by atomic mass is 10.0. The van der Waals surface area contributed by atoms with E-state index >= 15 is 0 Å². The van der Waals surface area contributed by atoms with Crippen LogP contribution in [-0.4, -0.2) is 50.5 Å². The fourth-order valence-electron chi connectivity index (χ4n) is 3.97. The first-order chi connectivity index (χ1) is 16.5. The molecule has 0 spiro atoms. The first kappa shape index (κ1) is 28.4. The molecule has 0 saturated carbocycles. The fraction of sp³-hybridized carbons (Fsp3) is 0.481. The minimum atomic E-state index is -3.76. The Kier molecular flexibility index (Phi) is 10.3. The van der Waals surface area contributed by atoms with Crippen LogP contribution < -0.4 is 9.62 Å². The Labute approximate surface area is 210 Å². The number of carbonyl (C=O) groups is 2. The second kappa shape index (κ2) is 12.7. The molecule has 1 N–H and O–H groups in total. The molecule has 0 aliphatic rings. The molecule has 8 heteroatoms. The van der Waals surface area contributed by atoms with Crippen LogP contribution in [0, 0.1) is 6.92 Å². The molecular weight excluding hydrogens is 462 g/mol. The van der Waals surface area contributed by atoms with Crippen LogP contribution >= 0.6 is 0 Å². The molecule has 0 saturated heterocycles. The number of nitrogens with one attached hydrogen (secondary N) is 1. The zero-order valence-corrected chi connectivity index (χ0v) is 22.6. The van der Waals surface area contributed by atoms with Crippen LogP contribution in [0.15, 0.2) is 48.5 Å². The second-order valence-corrected chi connectivity index (χ2v) is 11.1. The van der Waals surface area contributed by atoms with Crippen molar-refractivity contribution in [2.75, 3.05) is 23.7 Å². The van der Waals surface area contributed by atoms with Gasteiger partial charge in [-0.3, -0.25) is 13.9 Å². The van der Waals surface area contributed by atoms with E-state index in [2.05, 4.69) is 5.32 Å². The summed E-state index contributed by atoms with van der Waals surface area (Å²) in [6.45, 7) is 10.1. The third-order valence-electron chi connectivity index (χ3n) is 5.92. The Bertz CT molecular complexity index is 1100. The number of sulfonamides is 1. The topological polar surface area (TPSA) is 86.8 Å². The van der Waals surface area contributed by atoms with E-state index in [1.54, 1.807) is 12.1 Å². The Morgan fingerprint density at radius 3 is 2.17 bits per heavy atom. The van der Waals surface area contributed by atoms with Crippen LogP contribution in [0.2, 0.25) is 0 Å². The predicted octanol–water partition coefficient (Wildman–Crippen LogP) is 4.22. The molecule has 1 atom stereocenters. The molecule has 0 aliphatic heterocycles. The summed E-state index contributed by atoms with van der Waals surface area (Å²) >= 11 is 0. The molecule has 2 aromatic carbocycles.